The van der Waals surface area contributed by atoms with Crippen LogP contribution in [0.25, 0.3) is 0 Å². The Labute approximate surface area is 122 Å². The van der Waals surface area contributed by atoms with Crippen molar-refractivity contribution in [1.82, 2.24) is 9.88 Å². The van der Waals surface area contributed by atoms with Gasteiger partial charge < -0.3 is 5.11 Å². The molecular formula is C15H15ClN2O2. The second kappa shape index (κ2) is 6.50. The molecule has 0 fully saturated rings. The molecule has 0 radical (unpaired) electrons. The van der Waals surface area contributed by atoms with Gasteiger partial charge in [0.2, 0.25) is 0 Å². The molecule has 0 bridgehead atoms. The van der Waals surface area contributed by atoms with Crippen LogP contribution in [0.3, 0.4) is 0 Å². The Morgan fingerprint density at radius 2 is 2.00 bits per heavy atom. The summed E-state index contributed by atoms with van der Waals surface area (Å²) in [7, 11) is 1.77. The summed E-state index contributed by atoms with van der Waals surface area (Å²) in [5.74, 6) is -0.873. The molecule has 1 aromatic carbocycles. The van der Waals surface area contributed by atoms with Crippen LogP contribution in [-0.4, -0.2) is 34.6 Å². The highest BCUT2D eigenvalue weighted by Gasteiger charge is 2.22. The Hall–Kier alpha value is -1.91. The van der Waals surface area contributed by atoms with E-state index in [4.69, 9.17) is 16.7 Å². The molecule has 2 aromatic rings. The van der Waals surface area contributed by atoms with Crippen molar-refractivity contribution in [3.05, 3.63) is 64.9 Å². The lowest BCUT2D eigenvalue weighted by Gasteiger charge is -2.26. The first-order valence-electron chi connectivity index (χ1n) is 6.16. The monoisotopic (exact) mass is 290 g/mol. The molecule has 2 rings (SSSR count). The first-order chi connectivity index (χ1) is 9.58. The van der Waals surface area contributed by atoms with Crippen LogP contribution >= 0.6 is 11.6 Å². The van der Waals surface area contributed by atoms with Crippen molar-refractivity contribution in [1.29, 1.82) is 0 Å². The summed E-state index contributed by atoms with van der Waals surface area (Å²) >= 11 is 5.90. The SMILES string of the molecule is CN(CC(=O)O)C(c1ccc(Cl)cc1)c1ccccn1. The average Bonchev–Trinajstić information content (AvgIpc) is 2.42. The maximum absolute atomic E-state index is 10.9. The summed E-state index contributed by atoms with van der Waals surface area (Å²) in [6.07, 6.45) is 1.70. The normalized spacial score (nSPS) is 12.3. The molecule has 0 saturated carbocycles. The van der Waals surface area contributed by atoms with E-state index in [1.165, 1.54) is 0 Å². The van der Waals surface area contributed by atoms with Crippen LogP contribution in [0, 0.1) is 0 Å². The third kappa shape index (κ3) is 3.56. The molecule has 1 heterocycles. The molecule has 0 amide bonds. The molecule has 0 saturated heterocycles. The van der Waals surface area contributed by atoms with Gasteiger partial charge in [-0.3, -0.25) is 14.7 Å². The minimum atomic E-state index is -0.873. The fraction of sp³-hybridized carbons (Fsp3) is 0.200. The predicted octanol–water partition coefficient (Wildman–Crippen LogP) is 2.84. The molecule has 20 heavy (non-hydrogen) atoms. The van der Waals surface area contributed by atoms with Crippen LogP contribution in [0.4, 0.5) is 0 Å². The number of pyridine rings is 1. The quantitative estimate of drug-likeness (QED) is 0.920. The van der Waals surface area contributed by atoms with E-state index in [0.717, 1.165) is 11.3 Å². The summed E-state index contributed by atoms with van der Waals surface area (Å²) in [6, 6.07) is 12.8. The van der Waals surface area contributed by atoms with E-state index in [9.17, 15) is 4.79 Å². The summed E-state index contributed by atoms with van der Waals surface area (Å²) in [5, 5.41) is 9.64. The number of carbonyl (C=O) groups is 1. The van der Waals surface area contributed by atoms with Crippen molar-refractivity contribution in [3.63, 3.8) is 0 Å². The highest BCUT2D eigenvalue weighted by atomic mass is 35.5. The molecular weight excluding hydrogens is 276 g/mol. The molecule has 0 aliphatic rings. The lowest BCUT2D eigenvalue weighted by atomic mass is 10.0. The van der Waals surface area contributed by atoms with Crippen molar-refractivity contribution in [3.8, 4) is 0 Å². The zero-order valence-electron chi connectivity index (χ0n) is 11.0. The molecule has 104 valence electrons. The van der Waals surface area contributed by atoms with Crippen molar-refractivity contribution in [2.75, 3.05) is 13.6 Å². The molecule has 1 N–H and O–H groups in total. The second-order valence-electron chi connectivity index (χ2n) is 4.52. The number of likely N-dealkylation sites (N-methyl/N-ethyl adjacent to an activating group) is 1. The van der Waals surface area contributed by atoms with Gasteiger partial charge in [-0.05, 0) is 36.9 Å². The zero-order valence-corrected chi connectivity index (χ0v) is 11.8. The largest absolute Gasteiger partial charge is 0.480 e. The predicted molar refractivity (Wildman–Crippen MR) is 77.8 cm³/mol. The number of aliphatic carboxylic acids is 1. The van der Waals surface area contributed by atoms with E-state index in [2.05, 4.69) is 4.98 Å². The minimum absolute atomic E-state index is 0.0656. The Kier molecular flexibility index (Phi) is 4.71. The third-order valence-electron chi connectivity index (χ3n) is 2.98. The number of hydrogen-bond acceptors (Lipinski definition) is 3. The van der Waals surface area contributed by atoms with Gasteiger partial charge in [0.25, 0.3) is 0 Å². The van der Waals surface area contributed by atoms with Crippen molar-refractivity contribution < 1.29 is 9.90 Å². The number of nitrogens with zero attached hydrogens (tertiary/aromatic N) is 2. The Morgan fingerprint density at radius 3 is 2.55 bits per heavy atom. The number of benzene rings is 1. The lowest BCUT2D eigenvalue weighted by Crippen LogP contribution is -2.31. The van der Waals surface area contributed by atoms with Crippen molar-refractivity contribution in [2.45, 2.75) is 6.04 Å². The van der Waals surface area contributed by atoms with Gasteiger partial charge in [0.1, 0.15) is 0 Å². The van der Waals surface area contributed by atoms with Crippen molar-refractivity contribution >= 4 is 17.6 Å². The first kappa shape index (κ1) is 14.5. The number of aromatic nitrogens is 1. The third-order valence-corrected chi connectivity index (χ3v) is 3.23. The summed E-state index contributed by atoms with van der Waals surface area (Å²) in [5.41, 5.74) is 1.76. The second-order valence-corrected chi connectivity index (χ2v) is 4.95. The Bertz CT molecular complexity index is 572. The lowest BCUT2D eigenvalue weighted by molar-refractivity contribution is -0.138. The minimum Gasteiger partial charge on any atom is -0.480 e. The topological polar surface area (TPSA) is 53.4 Å². The first-order valence-corrected chi connectivity index (χ1v) is 6.54. The van der Waals surface area contributed by atoms with Crippen LogP contribution in [0.1, 0.15) is 17.3 Å². The van der Waals surface area contributed by atoms with Crippen LogP contribution in [-0.2, 0) is 4.79 Å². The zero-order chi connectivity index (χ0) is 14.5. The van der Waals surface area contributed by atoms with Gasteiger partial charge in [-0.2, -0.15) is 0 Å². The van der Waals surface area contributed by atoms with E-state index in [1.807, 2.05) is 30.3 Å². The van der Waals surface area contributed by atoms with Gasteiger partial charge in [0.15, 0.2) is 0 Å². The standard InChI is InChI=1S/C15H15ClN2O2/c1-18(10-14(19)20)15(13-4-2-3-9-17-13)11-5-7-12(16)8-6-11/h2-9,15H,10H2,1H3,(H,19,20). The molecule has 1 atom stereocenters. The van der Waals surface area contributed by atoms with Crippen LogP contribution in [0.15, 0.2) is 48.7 Å². The van der Waals surface area contributed by atoms with Gasteiger partial charge in [-0.15, -0.1) is 0 Å². The van der Waals surface area contributed by atoms with E-state index in [1.54, 1.807) is 30.3 Å². The number of rotatable bonds is 5. The van der Waals surface area contributed by atoms with E-state index < -0.39 is 5.97 Å². The van der Waals surface area contributed by atoms with Crippen LogP contribution in [0.5, 0.6) is 0 Å². The molecule has 0 aliphatic carbocycles. The average molecular weight is 291 g/mol. The van der Waals surface area contributed by atoms with Crippen molar-refractivity contribution in [2.24, 2.45) is 0 Å². The van der Waals surface area contributed by atoms with Gasteiger partial charge in [0.05, 0.1) is 18.3 Å². The van der Waals surface area contributed by atoms with Gasteiger partial charge in [-0.1, -0.05) is 29.8 Å². The van der Waals surface area contributed by atoms with E-state index in [-0.39, 0.29) is 12.6 Å². The van der Waals surface area contributed by atoms with Gasteiger partial charge in [0, 0.05) is 11.2 Å². The number of carboxylic acid groups (broad SMARTS) is 1. The fourth-order valence-corrected chi connectivity index (χ4v) is 2.26. The van der Waals surface area contributed by atoms with Crippen LogP contribution < -0.4 is 0 Å². The summed E-state index contributed by atoms with van der Waals surface area (Å²) in [4.78, 5) is 17.0. The Balaban J connectivity index is 2.38. The molecule has 0 spiro atoms. The number of halogens is 1. The van der Waals surface area contributed by atoms with E-state index in [0.29, 0.717) is 5.02 Å². The number of hydrogen-bond donors (Lipinski definition) is 1. The molecule has 5 heteroatoms. The Morgan fingerprint density at radius 1 is 1.30 bits per heavy atom. The van der Waals surface area contributed by atoms with Gasteiger partial charge >= 0.3 is 5.97 Å². The van der Waals surface area contributed by atoms with Crippen LogP contribution in [0.2, 0.25) is 5.02 Å². The smallest absolute Gasteiger partial charge is 0.317 e. The maximum Gasteiger partial charge on any atom is 0.317 e. The highest BCUT2D eigenvalue weighted by Crippen LogP contribution is 2.26. The molecule has 0 aliphatic heterocycles. The summed E-state index contributed by atoms with van der Waals surface area (Å²) in [6.45, 7) is -0.0656. The fourth-order valence-electron chi connectivity index (χ4n) is 2.14. The maximum atomic E-state index is 10.9. The molecule has 1 aromatic heterocycles. The van der Waals surface area contributed by atoms with Gasteiger partial charge in [-0.25, -0.2) is 0 Å². The highest BCUT2D eigenvalue weighted by molar-refractivity contribution is 6.30. The number of carboxylic acids is 1. The molecule has 4 nitrogen and oxygen atoms in total. The van der Waals surface area contributed by atoms with E-state index >= 15 is 0 Å². The summed E-state index contributed by atoms with van der Waals surface area (Å²) < 4.78 is 0. The molecule has 1 unspecified atom stereocenters.